The van der Waals surface area contributed by atoms with Gasteiger partial charge in [-0.2, -0.15) is 0 Å². The fourth-order valence-electron chi connectivity index (χ4n) is 10.3. The molecule has 4 aliphatic carbocycles. The maximum Gasteiger partial charge on any atom is 0.303 e. The Hall–Kier alpha value is -1.06. The van der Waals surface area contributed by atoms with Crippen LogP contribution < -0.4 is 0 Å². The number of carbonyl (C=O) groups is 2. The number of carboxylic acid groups (broad SMARTS) is 1. The van der Waals surface area contributed by atoms with Crippen molar-refractivity contribution >= 4 is 11.9 Å². The molecule has 0 amide bonds. The van der Waals surface area contributed by atoms with Gasteiger partial charge in [0.2, 0.25) is 0 Å². The molecule has 182 valence electrons. The number of hydrogen-bond donors (Lipinski definition) is 1. The third kappa shape index (κ3) is 3.28. The first-order valence-corrected chi connectivity index (χ1v) is 13.2. The van der Waals surface area contributed by atoms with Gasteiger partial charge in [-0.3, -0.25) is 9.59 Å². The summed E-state index contributed by atoms with van der Waals surface area (Å²) in [5.41, 5.74) is 0.868. The summed E-state index contributed by atoms with van der Waals surface area (Å²) >= 11 is 0. The first kappa shape index (κ1) is 24.1. The Morgan fingerprint density at radius 2 is 1.56 bits per heavy atom. The molecule has 0 aliphatic heterocycles. The van der Waals surface area contributed by atoms with Crippen LogP contribution in [0, 0.1) is 51.2 Å². The highest BCUT2D eigenvalue weighted by Gasteiger charge is 2.67. The molecule has 0 aromatic heterocycles. The summed E-state index contributed by atoms with van der Waals surface area (Å²) in [5, 5.41) is 9.43. The van der Waals surface area contributed by atoms with E-state index in [1.165, 1.54) is 38.5 Å². The van der Waals surface area contributed by atoms with Crippen LogP contribution in [0.1, 0.15) is 106 Å². The topological polar surface area (TPSA) is 63.6 Å². The molecule has 0 saturated heterocycles. The maximum absolute atomic E-state index is 11.8. The molecular formula is C28H46O4. The van der Waals surface area contributed by atoms with E-state index in [4.69, 9.17) is 4.74 Å². The molecule has 4 heteroatoms. The Morgan fingerprint density at radius 3 is 2.19 bits per heavy atom. The molecule has 4 fully saturated rings. The van der Waals surface area contributed by atoms with E-state index in [0.717, 1.165) is 24.7 Å². The van der Waals surface area contributed by atoms with Crippen LogP contribution in [0.25, 0.3) is 0 Å². The average molecular weight is 447 g/mol. The second kappa shape index (κ2) is 7.73. The zero-order chi connectivity index (χ0) is 23.7. The summed E-state index contributed by atoms with van der Waals surface area (Å²) < 4.78 is 5.83. The average Bonchev–Trinajstić information content (AvgIpc) is 2.95. The predicted molar refractivity (Wildman–Crippen MR) is 126 cm³/mol. The molecule has 0 radical (unpaired) electrons. The highest BCUT2D eigenvalue weighted by Crippen LogP contribution is 2.74. The Balaban J connectivity index is 1.61. The first-order valence-electron chi connectivity index (χ1n) is 13.2. The summed E-state index contributed by atoms with van der Waals surface area (Å²) in [7, 11) is 0. The summed E-state index contributed by atoms with van der Waals surface area (Å²) in [6.45, 7) is 16.1. The van der Waals surface area contributed by atoms with Crippen molar-refractivity contribution in [2.45, 2.75) is 112 Å². The molecule has 0 heterocycles. The van der Waals surface area contributed by atoms with Crippen LogP contribution in [0.2, 0.25) is 0 Å². The number of fused-ring (bicyclic) bond motifs is 5. The molecule has 9 atom stereocenters. The van der Waals surface area contributed by atoms with Gasteiger partial charge in [-0.25, -0.2) is 0 Å². The Labute approximate surface area is 195 Å². The van der Waals surface area contributed by atoms with Gasteiger partial charge in [-0.15, -0.1) is 0 Å². The number of carboxylic acids is 1. The largest absolute Gasteiger partial charge is 0.481 e. The fourth-order valence-corrected chi connectivity index (χ4v) is 10.3. The number of ether oxygens (including phenoxy) is 1. The minimum Gasteiger partial charge on any atom is -0.481 e. The standard InChI is InChI=1S/C28H46O4/c1-17(16-24(30)31)19-10-14-28(7)21-8-9-22-25(3,4)23(32-18(2)29)12-13-26(22,5)20(21)11-15-27(19,28)6/h17,19-23H,8-16H2,1-7H3,(H,30,31)/t17-,19?,20?,21?,22?,23+,26-,27-,28+/m1/s1. The van der Waals surface area contributed by atoms with E-state index in [-0.39, 0.29) is 28.8 Å². The van der Waals surface area contributed by atoms with Crippen molar-refractivity contribution < 1.29 is 19.4 Å². The number of carbonyl (C=O) groups excluding carboxylic acids is 1. The molecular weight excluding hydrogens is 400 g/mol. The zero-order valence-corrected chi connectivity index (χ0v) is 21.5. The SMILES string of the molecule is CC(=O)O[C@H]1CC[C@]2(C)C3CC[C@]4(C)C([C@H](C)CC(=O)O)CC[C@@]4(C)C3CCC2C1(C)C. The second-order valence-corrected chi connectivity index (χ2v) is 13.4. The molecule has 32 heavy (non-hydrogen) atoms. The zero-order valence-electron chi connectivity index (χ0n) is 21.5. The minimum absolute atomic E-state index is 0.0134. The van der Waals surface area contributed by atoms with Crippen LogP contribution in [0.3, 0.4) is 0 Å². The van der Waals surface area contributed by atoms with Crippen molar-refractivity contribution in [3.63, 3.8) is 0 Å². The van der Waals surface area contributed by atoms with Gasteiger partial charge in [-0.05, 0) is 97.2 Å². The first-order chi connectivity index (χ1) is 14.8. The lowest BCUT2D eigenvalue weighted by atomic mass is 9.38. The van der Waals surface area contributed by atoms with Gasteiger partial charge in [-0.1, -0.05) is 41.5 Å². The molecule has 0 aromatic rings. The second-order valence-electron chi connectivity index (χ2n) is 13.4. The quantitative estimate of drug-likeness (QED) is 0.487. The van der Waals surface area contributed by atoms with E-state index >= 15 is 0 Å². The van der Waals surface area contributed by atoms with Gasteiger partial charge in [0, 0.05) is 18.8 Å². The van der Waals surface area contributed by atoms with E-state index in [1.807, 2.05) is 0 Å². The lowest BCUT2D eigenvalue weighted by Gasteiger charge is -2.67. The van der Waals surface area contributed by atoms with E-state index < -0.39 is 5.97 Å². The molecule has 1 N–H and O–H groups in total. The van der Waals surface area contributed by atoms with Crippen LogP contribution in [0.4, 0.5) is 0 Å². The van der Waals surface area contributed by atoms with Crippen molar-refractivity contribution in [1.82, 2.24) is 0 Å². The molecule has 4 rings (SSSR count). The molecule has 0 aromatic carbocycles. The van der Waals surface area contributed by atoms with Gasteiger partial charge in [0.1, 0.15) is 6.10 Å². The van der Waals surface area contributed by atoms with Crippen molar-refractivity contribution in [2.75, 3.05) is 0 Å². The lowest BCUT2D eigenvalue weighted by molar-refractivity contribution is -0.209. The number of aliphatic carboxylic acids is 1. The van der Waals surface area contributed by atoms with Gasteiger partial charge >= 0.3 is 11.9 Å². The Kier molecular flexibility index (Phi) is 5.82. The molecule has 4 saturated carbocycles. The van der Waals surface area contributed by atoms with E-state index in [0.29, 0.717) is 29.1 Å². The van der Waals surface area contributed by atoms with Crippen molar-refractivity contribution in [3.05, 3.63) is 0 Å². The summed E-state index contributed by atoms with van der Waals surface area (Å²) in [4.78, 5) is 23.2. The molecule has 4 nitrogen and oxygen atoms in total. The van der Waals surface area contributed by atoms with Gasteiger partial charge in [0.25, 0.3) is 0 Å². The Morgan fingerprint density at radius 1 is 0.906 bits per heavy atom. The van der Waals surface area contributed by atoms with Crippen LogP contribution in [-0.2, 0) is 14.3 Å². The van der Waals surface area contributed by atoms with E-state index in [1.54, 1.807) is 6.92 Å². The third-order valence-electron chi connectivity index (χ3n) is 12.0. The maximum atomic E-state index is 11.8. The summed E-state index contributed by atoms with van der Waals surface area (Å²) in [6.07, 6.45) is 9.91. The third-order valence-corrected chi connectivity index (χ3v) is 12.0. The van der Waals surface area contributed by atoms with Gasteiger partial charge in [0.15, 0.2) is 0 Å². The number of rotatable bonds is 4. The summed E-state index contributed by atoms with van der Waals surface area (Å²) in [5.74, 6) is 2.02. The highest BCUT2D eigenvalue weighted by molar-refractivity contribution is 5.67. The van der Waals surface area contributed by atoms with Gasteiger partial charge in [0.05, 0.1) is 0 Å². The van der Waals surface area contributed by atoms with Crippen LogP contribution in [0.5, 0.6) is 0 Å². The number of esters is 1. The molecule has 4 aliphatic rings. The minimum atomic E-state index is -0.650. The van der Waals surface area contributed by atoms with E-state index in [9.17, 15) is 14.7 Å². The molecule has 4 unspecified atom stereocenters. The van der Waals surface area contributed by atoms with Crippen molar-refractivity contribution in [2.24, 2.45) is 51.2 Å². The predicted octanol–water partition coefficient (Wildman–Crippen LogP) is 6.71. The van der Waals surface area contributed by atoms with Crippen LogP contribution >= 0.6 is 0 Å². The summed E-state index contributed by atoms with van der Waals surface area (Å²) in [6, 6.07) is 0. The molecule has 0 spiro atoms. The number of hydrogen-bond acceptors (Lipinski definition) is 3. The van der Waals surface area contributed by atoms with Crippen LogP contribution in [-0.4, -0.2) is 23.1 Å². The normalized spacial score (nSPS) is 48.2. The monoisotopic (exact) mass is 446 g/mol. The smallest absolute Gasteiger partial charge is 0.303 e. The van der Waals surface area contributed by atoms with Crippen molar-refractivity contribution in [1.29, 1.82) is 0 Å². The van der Waals surface area contributed by atoms with E-state index in [2.05, 4.69) is 41.5 Å². The van der Waals surface area contributed by atoms with Gasteiger partial charge < -0.3 is 9.84 Å². The molecule has 0 bridgehead atoms. The highest BCUT2D eigenvalue weighted by atomic mass is 16.5. The Bertz CT molecular complexity index is 773. The lowest BCUT2D eigenvalue weighted by Crippen LogP contribution is -2.62. The fraction of sp³-hybridized carbons (Fsp3) is 0.929. The van der Waals surface area contributed by atoms with Crippen molar-refractivity contribution in [3.8, 4) is 0 Å². The van der Waals surface area contributed by atoms with Crippen LogP contribution in [0.15, 0.2) is 0 Å².